The van der Waals surface area contributed by atoms with Crippen molar-refractivity contribution >= 4 is 34.0 Å². The topological polar surface area (TPSA) is 90.0 Å². The van der Waals surface area contributed by atoms with Crippen LogP contribution in [0.4, 0.5) is 0 Å². The van der Waals surface area contributed by atoms with E-state index in [2.05, 4.69) is 9.82 Å². The molecule has 3 N–H and O–H groups in total. The van der Waals surface area contributed by atoms with E-state index in [1.807, 2.05) is 13.8 Å². The van der Waals surface area contributed by atoms with E-state index >= 15 is 0 Å². The summed E-state index contributed by atoms with van der Waals surface area (Å²) in [7, 11) is -2.22. The van der Waals surface area contributed by atoms with Crippen LogP contribution in [0, 0.1) is 5.92 Å². The van der Waals surface area contributed by atoms with Crippen LogP contribution in [0.2, 0.25) is 5.02 Å². The van der Waals surface area contributed by atoms with Crippen molar-refractivity contribution < 1.29 is 8.42 Å². The molecule has 0 amide bonds. The van der Waals surface area contributed by atoms with Gasteiger partial charge in [-0.15, -0.1) is 12.4 Å². The lowest BCUT2D eigenvalue weighted by molar-refractivity contribution is 0.343. The molecule has 0 fully saturated rings. The molecule has 1 unspecified atom stereocenters. The zero-order valence-electron chi connectivity index (χ0n) is 12.1. The molecule has 118 valence electrons. The number of aromatic nitrogens is 2. The molecule has 0 bridgehead atoms. The highest BCUT2D eigenvalue weighted by atomic mass is 35.5. The van der Waals surface area contributed by atoms with Gasteiger partial charge in [0.25, 0.3) is 10.0 Å². The first-order chi connectivity index (χ1) is 8.61. The van der Waals surface area contributed by atoms with E-state index in [-0.39, 0.29) is 29.0 Å². The Bertz CT molecular complexity index is 525. The molecule has 1 rings (SSSR count). The van der Waals surface area contributed by atoms with E-state index in [0.29, 0.717) is 12.3 Å². The van der Waals surface area contributed by atoms with Crippen LogP contribution >= 0.6 is 24.0 Å². The number of nitrogens with zero attached hydrogens (tertiary/aromatic N) is 2. The lowest BCUT2D eigenvalue weighted by Gasteiger charge is -2.30. The monoisotopic (exact) mass is 344 g/mol. The first-order valence-corrected chi connectivity index (χ1v) is 7.89. The van der Waals surface area contributed by atoms with Gasteiger partial charge in [-0.3, -0.25) is 4.68 Å². The Balaban J connectivity index is 0.00000361. The summed E-state index contributed by atoms with van der Waals surface area (Å²) in [5, 5.41) is 3.89. The van der Waals surface area contributed by atoms with E-state index in [1.165, 1.54) is 17.9 Å². The number of hydrogen-bond acceptors (Lipinski definition) is 4. The molecule has 0 radical (unpaired) electrons. The third-order valence-electron chi connectivity index (χ3n) is 2.79. The Morgan fingerprint density at radius 2 is 2.10 bits per heavy atom. The largest absolute Gasteiger partial charge is 0.329 e. The standard InChI is InChI=1S/C11H21ClN4O2S.ClH/c1-8(2)5-11(3,7-13)15-19(17,18)10-9(12)6-14-16(10)4;/h6,8,15H,5,7,13H2,1-4H3;1H. The van der Waals surface area contributed by atoms with Crippen LogP contribution in [-0.4, -0.2) is 30.3 Å². The lowest BCUT2D eigenvalue weighted by Crippen LogP contribution is -2.52. The molecule has 0 aliphatic carbocycles. The number of hydrogen-bond donors (Lipinski definition) is 2. The van der Waals surface area contributed by atoms with Crippen LogP contribution in [-0.2, 0) is 17.1 Å². The van der Waals surface area contributed by atoms with Crippen molar-refractivity contribution in [3.8, 4) is 0 Å². The first kappa shape index (κ1) is 19.7. The first-order valence-electron chi connectivity index (χ1n) is 6.03. The highest BCUT2D eigenvalue weighted by molar-refractivity contribution is 7.89. The smallest absolute Gasteiger partial charge is 0.259 e. The van der Waals surface area contributed by atoms with Gasteiger partial charge >= 0.3 is 0 Å². The fourth-order valence-corrected chi connectivity index (χ4v) is 4.23. The van der Waals surface area contributed by atoms with Crippen LogP contribution in [0.25, 0.3) is 0 Å². The van der Waals surface area contributed by atoms with Gasteiger partial charge in [0.1, 0.15) is 0 Å². The Morgan fingerprint density at radius 3 is 2.45 bits per heavy atom. The second kappa shape index (κ2) is 7.09. The van der Waals surface area contributed by atoms with Gasteiger partial charge in [0.2, 0.25) is 0 Å². The molecule has 1 aromatic heterocycles. The summed E-state index contributed by atoms with van der Waals surface area (Å²) >= 11 is 5.87. The average molecular weight is 345 g/mol. The Hall–Kier alpha value is -0.340. The van der Waals surface area contributed by atoms with Crippen molar-refractivity contribution in [3.63, 3.8) is 0 Å². The zero-order chi connectivity index (χ0) is 14.8. The zero-order valence-corrected chi connectivity index (χ0v) is 14.4. The summed E-state index contributed by atoms with van der Waals surface area (Å²) in [6.45, 7) is 6.02. The van der Waals surface area contributed by atoms with Crippen LogP contribution in [0.15, 0.2) is 11.2 Å². The molecule has 0 aliphatic heterocycles. The molecule has 0 aliphatic rings. The average Bonchev–Trinajstić information content (AvgIpc) is 2.56. The van der Waals surface area contributed by atoms with Gasteiger partial charge in [0, 0.05) is 19.1 Å². The SMILES string of the molecule is CC(C)CC(C)(CN)NS(=O)(=O)c1c(Cl)cnn1C.Cl. The van der Waals surface area contributed by atoms with Crippen molar-refractivity contribution in [2.45, 2.75) is 37.8 Å². The highest BCUT2D eigenvalue weighted by Crippen LogP contribution is 2.23. The molecule has 20 heavy (non-hydrogen) atoms. The van der Waals surface area contributed by atoms with Crippen molar-refractivity contribution in [3.05, 3.63) is 11.2 Å². The molecule has 1 atom stereocenters. The van der Waals surface area contributed by atoms with E-state index in [1.54, 1.807) is 6.92 Å². The number of rotatable bonds is 6. The van der Waals surface area contributed by atoms with Crippen molar-refractivity contribution in [2.24, 2.45) is 18.7 Å². The molecule has 0 saturated heterocycles. The van der Waals surface area contributed by atoms with Gasteiger partial charge in [-0.05, 0) is 19.3 Å². The van der Waals surface area contributed by atoms with Gasteiger partial charge in [0.05, 0.1) is 11.2 Å². The van der Waals surface area contributed by atoms with Gasteiger partial charge in [-0.1, -0.05) is 25.4 Å². The molecule has 6 nitrogen and oxygen atoms in total. The minimum absolute atomic E-state index is 0. The maximum absolute atomic E-state index is 12.4. The van der Waals surface area contributed by atoms with Crippen LogP contribution in [0.3, 0.4) is 0 Å². The van der Waals surface area contributed by atoms with Crippen LogP contribution < -0.4 is 10.5 Å². The minimum atomic E-state index is -3.76. The molecule has 1 heterocycles. The second-order valence-corrected chi connectivity index (χ2v) is 7.39. The second-order valence-electron chi connectivity index (χ2n) is 5.39. The summed E-state index contributed by atoms with van der Waals surface area (Å²) in [5.74, 6) is 0.318. The van der Waals surface area contributed by atoms with E-state index < -0.39 is 15.6 Å². The fourth-order valence-electron chi connectivity index (χ4n) is 2.14. The normalized spacial score (nSPS) is 14.9. The number of nitrogens with one attached hydrogen (secondary N) is 1. The van der Waals surface area contributed by atoms with Crippen LogP contribution in [0.5, 0.6) is 0 Å². The number of sulfonamides is 1. The molecular weight excluding hydrogens is 323 g/mol. The van der Waals surface area contributed by atoms with Gasteiger partial charge in [-0.2, -0.15) is 5.10 Å². The summed E-state index contributed by atoms with van der Waals surface area (Å²) < 4.78 is 28.6. The summed E-state index contributed by atoms with van der Waals surface area (Å²) in [6, 6.07) is 0. The van der Waals surface area contributed by atoms with Gasteiger partial charge in [-0.25, -0.2) is 13.1 Å². The summed E-state index contributed by atoms with van der Waals surface area (Å²) in [6.07, 6.45) is 1.94. The number of aryl methyl sites for hydroxylation is 1. The fraction of sp³-hybridized carbons (Fsp3) is 0.727. The van der Waals surface area contributed by atoms with Crippen molar-refractivity contribution in [1.29, 1.82) is 0 Å². The van der Waals surface area contributed by atoms with E-state index in [0.717, 1.165) is 0 Å². The summed E-state index contributed by atoms with van der Waals surface area (Å²) in [4.78, 5) is 0. The van der Waals surface area contributed by atoms with E-state index in [4.69, 9.17) is 17.3 Å². The molecule has 9 heteroatoms. The Morgan fingerprint density at radius 1 is 1.55 bits per heavy atom. The van der Waals surface area contributed by atoms with Gasteiger partial charge in [0.15, 0.2) is 5.03 Å². The van der Waals surface area contributed by atoms with E-state index in [9.17, 15) is 8.42 Å². The predicted molar refractivity (Wildman–Crippen MR) is 82.7 cm³/mol. The maximum atomic E-state index is 12.4. The third kappa shape index (κ3) is 4.60. The minimum Gasteiger partial charge on any atom is -0.329 e. The predicted octanol–water partition coefficient (Wildman–Crippen LogP) is 1.54. The summed E-state index contributed by atoms with van der Waals surface area (Å²) in [5.41, 5.74) is 5.00. The maximum Gasteiger partial charge on any atom is 0.259 e. The van der Waals surface area contributed by atoms with Crippen molar-refractivity contribution in [2.75, 3.05) is 6.54 Å². The number of halogens is 2. The van der Waals surface area contributed by atoms with Crippen LogP contribution in [0.1, 0.15) is 27.2 Å². The number of nitrogens with two attached hydrogens (primary N) is 1. The highest BCUT2D eigenvalue weighted by Gasteiger charge is 2.33. The lowest BCUT2D eigenvalue weighted by atomic mass is 9.92. The van der Waals surface area contributed by atoms with Crippen molar-refractivity contribution in [1.82, 2.24) is 14.5 Å². The quantitative estimate of drug-likeness (QED) is 0.818. The van der Waals surface area contributed by atoms with Gasteiger partial charge < -0.3 is 5.73 Å². The molecule has 0 saturated carbocycles. The third-order valence-corrected chi connectivity index (χ3v) is 4.93. The molecule has 1 aromatic rings. The Kier molecular flexibility index (Phi) is 6.96. The molecule has 0 aromatic carbocycles. The Labute approximate surface area is 131 Å². The molecular formula is C11H22Cl2N4O2S. The molecule has 0 spiro atoms.